The molecule has 1 aliphatic rings. The number of aliphatic hydroxyl groups excluding tert-OH is 1. The Balaban J connectivity index is 2.56. The number of rotatable bonds is 2. The largest absolute Gasteiger partial charge is 0.395 e. The Hall–Kier alpha value is -0.590. The summed E-state index contributed by atoms with van der Waals surface area (Å²) in [6.07, 6.45) is 0.822. The van der Waals surface area contributed by atoms with Crippen molar-refractivity contribution in [1.29, 1.82) is 5.26 Å². The lowest BCUT2D eigenvalue weighted by molar-refractivity contribution is 0.124. The zero-order valence-electron chi connectivity index (χ0n) is 9.32. The molecular weight excluding hydrogens is 176 g/mol. The monoisotopic (exact) mass is 196 g/mol. The summed E-state index contributed by atoms with van der Waals surface area (Å²) in [6.45, 7) is 8.49. The summed E-state index contributed by atoms with van der Waals surface area (Å²) < 4.78 is 0. The van der Waals surface area contributed by atoms with Crippen molar-refractivity contribution in [3.63, 3.8) is 0 Å². The number of aliphatic hydroxyl groups is 1. The minimum atomic E-state index is 0.106. The highest BCUT2D eigenvalue weighted by molar-refractivity contribution is 4.96. The highest BCUT2D eigenvalue weighted by Crippen LogP contribution is 2.26. The molecule has 14 heavy (non-hydrogen) atoms. The van der Waals surface area contributed by atoms with Gasteiger partial charge in [0.15, 0.2) is 0 Å². The van der Waals surface area contributed by atoms with Crippen LogP contribution in [0.15, 0.2) is 0 Å². The van der Waals surface area contributed by atoms with E-state index in [-0.39, 0.29) is 24.0 Å². The van der Waals surface area contributed by atoms with E-state index in [1.807, 2.05) is 0 Å². The van der Waals surface area contributed by atoms with Crippen molar-refractivity contribution in [3.8, 4) is 6.07 Å². The molecule has 1 heterocycles. The molecule has 1 aliphatic heterocycles. The van der Waals surface area contributed by atoms with Crippen LogP contribution in [0.25, 0.3) is 0 Å². The van der Waals surface area contributed by atoms with Crippen LogP contribution >= 0.6 is 0 Å². The molecule has 2 atom stereocenters. The topological polar surface area (TPSA) is 47.3 Å². The van der Waals surface area contributed by atoms with Gasteiger partial charge in [-0.15, -0.1) is 0 Å². The van der Waals surface area contributed by atoms with Crippen molar-refractivity contribution in [2.75, 3.05) is 19.7 Å². The molecule has 1 N–H and O–H groups in total. The molecule has 0 aliphatic carbocycles. The van der Waals surface area contributed by atoms with Crippen LogP contribution in [0, 0.1) is 22.7 Å². The lowest BCUT2D eigenvalue weighted by Gasteiger charge is -2.30. The SMILES string of the molecule is CC(C)(C)CN1CC(C#N)CC1CO. The third-order valence-corrected chi connectivity index (χ3v) is 2.60. The van der Waals surface area contributed by atoms with Crippen molar-refractivity contribution in [3.05, 3.63) is 0 Å². The third kappa shape index (κ3) is 2.97. The van der Waals surface area contributed by atoms with Crippen molar-refractivity contribution in [1.82, 2.24) is 4.90 Å². The van der Waals surface area contributed by atoms with E-state index < -0.39 is 0 Å². The summed E-state index contributed by atoms with van der Waals surface area (Å²) >= 11 is 0. The molecule has 0 radical (unpaired) electrons. The fourth-order valence-electron chi connectivity index (χ4n) is 2.07. The summed E-state index contributed by atoms with van der Waals surface area (Å²) in [5.74, 6) is 0.106. The van der Waals surface area contributed by atoms with Crippen LogP contribution in [0.5, 0.6) is 0 Å². The zero-order chi connectivity index (χ0) is 10.8. The second-order valence-electron chi connectivity index (χ2n) is 5.39. The van der Waals surface area contributed by atoms with Gasteiger partial charge in [0.05, 0.1) is 18.6 Å². The first-order valence-electron chi connectivity index (χ1n) is 5.21. The number of hydrogen-bond donors (Lipinski definition) is 1. The predicted octanol–water partition coefficient (Wildman–Crippen LogP) is 1.24. The second-order valence-corrected chi connectivity index (χ2v) is 5.39. The van der Waals surface area contributed by atoms with Crippen molar-refractivity contribution < 1.29 is 5.11 Å². The van der Waals surface area contributed by atoms with Gasteiger partial charge in [-0.25, -0.2) is 0 Å². The molecule has 0 saturated carbocycles. The molecule has 0 bridgehead atoms. The van der Waals surface area contributed by atoms with E-state index in [0.717, 1.165) is 19.5 Å². The van der Waals surface area contributed by atoms with E-state index in [4.69, 9.17) is 5.26 Å². The number of likely N-dealkylation sites (tertiary alicyclic amines) is 1. The fourth-order valence-corrected chi connectivity index (χ4v) is 2.07. The first-order valence-corrected chi connectivity index (χ1v) is 5.21. The van der Waals surface area contributed by atoms with Crippen LogP contribution in [0.4, 0.5) is 0 Å². The Morgan fingerprint density at radius 3 is 2.57 bits per heavy atom. The maximum atomic E-state index is 9.20. The second kappa shape index (κ2) is 4.29. The quantitative estimate of drug-likeness (QED) is 0.723. The van der Waals surface area contributed by atoms with Gasteiger partial charge in [0.2, 0.25) is 0 Å². The molecule has 0 aromatic heterocycles. The van der Waals surface area contributed by atoms with Crippen molar-refractivity contribution in [2.24, 2.45) is 11.3 Å². The van der Waals surface area contributed by atoms with Crippen molar-refractivity contribution >= 4 is 0 Å². The lowest BCUT2D eigenvalue weighted by Crippen LogP contribution is -2.38. The molecule has 3 heteroatoms. The van der Waals surface area contributed by atoms with Crippen LogP contribution in [-0.4, -0.2) is 35.7 Å². The molecule has 3 nitrogen and oxygen atoms in total. The molecule has 0 aromatic rings. The summed E-state index contributed by atoms with van der Waals surface area (Å²) in [5, 5.41) is 18.0. The van der Waals surface area contributed by atoms with Gasteiger partial charge in [-0.3, -0.25) is 4.90 Å². The van der Waals surface area contributed by atoms with E-state index in [2.05, 4.69) is 31.7 Å². The Morgan fingerprint density at radius 2 is 2.14 bits per heavy atom. The van der Waals surface area contributed by atoms with Crippen LogP contribution in [-0.2, 0) is 0 Å². The molecule has 0 amide bonds. The average Bonchev–Trinajstić information content (AvgIpc) is 2.44. The molecule has 1 saturated heterocycles. The first kappa shape index (κ1) is 11.5. The van der Waals surface area contributed by atoms with Crippen LogP contribution in [0.3, 0.4) is 0 Å². The predicted molar refractivity (Wildman–Crippen MR) is 55.6 cm³/mol. The molecule has 0 aromatic carbocycles. The summed E-state index contributed by atoms with van der Waals surface area (Å²) in [5.41, 5.74) is 0.234. The number of hydrogen-bond acceptors (Lipinski definition) is 3. The molecule has 80 valence electrons. The Morgan fingerprint density at radius 1 is 1.50 bits per heavy atom. The molecule has 2 unspecified atom stereocenters. The highest BCUT2D eigenvalue weighted by atomic mass is 16.3. The van der Waals surface area contributed by atoms with E-state index in [9.17, 15) is 5.11 Å². The van der Waals surface area contributed by atoms with Crippen LogP contribution < -0.4 is 0 Å². The summed E-state index contributed by atoms with van der Waals surface area (Å²) in [6, 6.07) is 2.48. The Bertz CT molecular complexity index is 226. The van der Waals surface area contributed by atoms with E-state index >= 15 is 0 Å². The van der Waals surface area contributed by atoms with Gasteiger partial charge in [0, 0.05) is 19.1 Å². The van der Waals surface area contributed by atoms with E-state index in [1.165, 1.54) is 0 Å². The zero-order valence-corrected chi connectivity index (χ0v) is 9.32. The highest BCUT2D eigenvalue weighted by Gasteiger charge is 2.33. The van der Waals surface area contributed by atoms with Gasteiger partial charge in [-0.2, -0.15) is 5.26 Å². The van der Waals surface area contributed by atoms with E-state index in [0.29, 0.717) is 0 Å². The summed E-state index contributed by atoms with van der Waals surface area (Å²) in [7, 11) is 0. The van der Waals surface area contributed by atoms with Gasteiger partial charge < -0.3 is 5.11 Å². The standard InChI is InChI=1S/C11H20N2O/c1-11(2,3)8-13-6-9(5-12)4-10(13)7-14/h9-10,14H,4,6-8H2,1-3H3. The average molecular weight is 196 g/mol. The van der Waals surface area contributed by atoms with Gasteiger partial charge in [0.1, 0.15) is 0 Å². The molecule has 1 rings (SSSR count). The number of nitrogens with zero attached hydrogens (tertiary/aromatic N) is 2. The Kier molecular flexibility index (Phi) is 3.52. The van der Waals surface area contributed by atoms with Gasteiger partial charge in [-0.05, 0) is 11.8 Å². The third-order valence-electron chi connectivity index (χ3n) is 2.60. The van der Waals surface area contributed by atoms with Gasteiger partial charge >= 0.3 is 0 Å². The first-order chi connectivity index (χ1) is 6.46. The van der Waals surface area contributed by atoms with Crippen LogP contribution in [0.1, 0.15) is 27.2 Å². The normalized spacial score (nSPS) is 29.1. The fraction of sp³-hybridized carbons (Fsp3) is 0.909. The summed E-state index contributed by atoms with van der Waals surface area (Å²) in [4.78, 5) is 2.24. The van der Waals surface area contributed by atoms with Gasteiger partial charge in [-0.1, -0.05) is 20.8 Å². The van der Waals surface area contributed by atoms with E-state index in [1.54, 1.807) is 0 Å². The molecule has 0 spiro atoms. The smallest absolute Gasteiger partial charge is 0.0669 e. The molecular formula is C11H20N2O. The number of nitriles is 1. The maximum Gasteiger partial charge on any atom is 0.0669 e. The molecule has 1 fully saturated rings. The lowest BCUT2D eigenvalue weighted by atomic mass is 9.96. The maximum absolute atomic E-state index is 9.20. The van der Waals surface area contributed by atoms with Crippen molar-refractivity contribution in [2.45, 2.75) is 33.2 Å². The van der Waals surface area contributed by atoms with Gasteiger partial charge in [0.25, 0.3) is 0 Å². The minimum absolute atomic E-state index is 0.106. The Labute approximate surface area is 86.3 Å². The minimum Gasteiger partial charge on any atom is -0.395 e. The van der Waals surface area contributed by atoms with Crippen LogP contribution in [0.2, 0.25) is 0 Å².